The van der Waals surface area contributed by atoms with Gasteiger partial charge in [-0.25, -0.2) is 9.38 Å². The van der Waals surface area contributed by atoms with Crippen molar-refractivity contribution in [1.29, 1.82) is 0 Å². The number of hydrogen-bond donors (Lipinski definition) is 2. The molecule has 3 aliphatic rings. The van der Waals surface area contributed by atoms with Crippen LogP contribution < -0.4 is 31.3 Å². The van der Waals surface area contributed by atoms with Crippen LogP contribution in [-0.2, 0) is 10.9 Å². The van der Waals surface area contributed by atoms with E-state index in [0.717, 1.165) is 19.2 Å². The minimum atomic E-state index is -4.69. The Kier molecular flexibility index (Phi) is 14.4. The molecule has 15 heteroatoms. The molecule has 3 unspecified atom stereocenters. The van der Waals surface area contributed by atoms with Crippen LogP contribution in [0.15, 0.2) is 11.1 Å². The fourth-order valence-electron chi connectivity index (χ4n) is 5.78. The molecule has 3 aliphatic heterocycles. The maximum atomic E-state index is 13.9. The van der Waals surface area contributed by atoms with Crippen molar-refractivity contribution in [2.45, 2.75) is 77.9 Å². The second kappa shape index (κ2) is 17.5. The van der Waals surface area contributed by atoms with Gasteiger partial charge >= 0.3 is 12.2 Å². The number of aliphatic imine (C=N–C) groups is 1. The topological polar surface area (TPSA) is 101 Å². The summed E-state index contributed by atoms with van der Waals surface area (Å²) in [5.74, 6) is 0.354. The average Bonchev–Trinajstić information content (AvgIpc) is 3.61. The number of benzene rings is 1. The standard InChI is InChI=1S/C23H27Cl2F3N6O2.C7H12FN.C2H6/c1-12-9-15(29)19(25)14(18(12)23(26,27)28)11-31-21-17-16(10-24)32-22(35-4)33-20(17)34(3)8-7-30-6-5-13(2)36-21;8-6-4-7-2-1-3-9(7)5-6;1-2/h9-11,13,30H,5-8,29H2,1-4H3;6-7H,1-5H2;1-2H3/b16-10-,21-17-,31-11+;;. The molecule has 2 fully saturated rings. The molecule has 0 spiro atoms. The van der Waals surface area contributed by atoms with Crippen molar-refractivity contribution >= 4 is 52.3 Å². The number of methoxy groups -OCH3 is 1. The van der Waals surface area contributed by atoms with Gasteiger partial charge in [0, 0.05) is 50.0 Å². The maximum absolute atomic E-state index is 13.9. The molecule has 3 N–H and O–H groups in total. The van der Waals surface area contributed by atoms with Crippen LogP contribution in [0.4, 0.5) is 29.1 Å². The SMILES string of the molecule is CC.COc1nc2c(/c(=C/Cl)n1)=C(/N=C/c1c(Cl)c(N)cc(C)c1C(F)(F)F)OC(C)CCNCCN2C.FC1CC2CCCN2C1. The summed E-state index contributed by atoms with van der Waals surface area (Å²) in [5, 5.41) is 3.57. The number of nitrogens with zero attached hydrogens (tertiary/aromatic N) is 5. The summed E-state index contributed by atoms with van der Waals surface area (Å²) < 4.78 is 65.7. The van der Waals surface area contributed by atoms with Crippen LogP contribution in [0.3, 0.4) is 0 Å². The lowest BCUT2D eigenvalue weighted by atomic mass is 10.0. The van der Waals surface area contributed by atoms with E-state index in [9.17, 15) is 17.6 Å². The van der Waals surface area contributed by atoms with Gasteiger partial charge in [0.2, 0.25) is 5.88 Å². The first-order valence-corrected chi connectivity index (χ1v) is 16.6. The Morgan fingerprint density at radius 2 is 1.91 bits per heavy atom. The number of aryl methyl sites for hydroxylation is 1. The van der Waals surface area contributed by atoms with E-state index in [0.29, 0.717) is 49.7 Å². The van der Waals surface area contributed by atoms with Gasteiger partial charge in [0.1, 0.15) is 17.2 Å². The van der Waals surface area contributed by atoms with Gasteiger partial charge < -0.3 is 25.4 Å². The highest BCUT2D eigenvalue weighted by Crippen LogP contribution is 2.39. The van der Waals surface area contributed by atoms with E-state index in [4.69, 9.17) is 38.4 Å². The third-order valence-electron chi connectivity index (χ3n) is 8.00. The maximum Gasteiger partial charge on any atom is 0.417 e. The smallest absolute Gasteiger partial charge is 0.417 e. The molecule has 3 atom stereocenters. The molecule has 0 radical (unpaired) electrons. The van der Waals surface area contributed by atoms with E-state index in [1.807, 2.05) is 25.7 Å². The number of fused-ring (bicyclic) bond motifs is 2. The van der Waals surface area contributed by atoms with Crippen molar-refractivity contribution in [2.24, 2.45) is 4.99 Å². The molecular weight excluding hydrogens is 661 g/mol. The molecule has 1 aromatic heterocycles. The average molecular weight is 707 g/mol. The Hall–Kier alpha value is -2.87. The quantitative estimate of drug-likeness (QED) is 0.254. The first-order valence-electron chi connectivity index (χ1n) is 15.8. The van der Waals surface area contributed by atoms with Crippen molar-refractivity contribution in [3.8, 4) is 6.01 Å². The number of alkyl halides is 4. The number of halogens is 6. The van der Waals surface area contributed by atoms with Crippen molar-refractivity contribution in [3.05, 3.63) is 38.3 Å². The second-order valence-corrected chi connectivity index (χ2v) is 12.0. The van der Waals surface area contributed by atoms with Gasteiger partial charge in [0.15, 0.2) is 0 Å². The van der Waals surface area contributed by atoms with Crippen molar-refractivity contribution in [2.75, 3.05) is 57.5 Å². The van der Waals surface area contributed by atoms with Crippen molar-refractivity contribution in [3.63, 3.8) is 0 Å². The Morgan fingerprint density at radius 1 is 1.19 bits per heavy atom. The Bertz CT molecular complexity index is 1500. The number of nitrogens with two attached hydrogens (primary N) is 1. The molecule has 0 amide bonds. The number of ether oxygens (including phenoxy) is 2. The third-order valence-corrected chi connectivity index (χ3v) is 8.63. The van der Waals surface area contributed by atoms with Crippen LogP contribution in [0.5, 0.6) is 6.01 Å². The van der Waals surface area contributed by atoms with E-state index in [1.54, 1.807) is 7.05 Å². The first-order chi connectivity index (χ1) is 22.3. The van der Waals surface area contributed by atoms with E-state index in [1.165, 1.54) is 38.5 Å². The zero-order chi connectivity index (χ0) is 34.9. The molecule has 47 heavy (non-hydrogen) atoms. The van der Waals surface area contributed by atoms with Gasteiger partial charge in [-0.15, -0.1) is 0 Å². The van der Waals surface area contributed by atoms with Crippen LogP contribution in [0.1, 0.15) is 63.1 Å². The number of anilines is 2. The predicted molar refractivity (Wildman–Crippen MR) is 182 cm³/mol. The van der Waals surface area contributed by atoms with E-state index < -0.39 is 17.9 Å². The highest BCUT2D eigenvalue weighted by molar-refractivity contribution is 6.38. The number of likely N-dealkylation sites (N-methyl/N-ethyl adjacent to an activating group) is 1. The lowest BCUT2D eigenvalue weighted by Crippen LogP contribution is -2.40. The summed E-state index contributed by atoms with van der Waals surface area (Å²) in [6, 6.07) is 1.85. The number of rotatable bonds is 3. The van der Waals surface area contributed by atoms with E-state index in [2.05, 4.69) is 25.2 Å². The molecule has 1 aromatic carbocycles. The second-order valence-electron chi connectivity index (χ2n) is 11.4. The molecule has 2 aromatic rings. The number of hydrogen-bond acceptors (Lipinski definition) is 9. The summed E-state index contributed by atoms with van der Waals surface area (Å²) in [6.45, 7) is 10.9. The number of nitrogens with one attached hydrogen (secondary N) is 1. The molecule has 4 heterocycles. The van der Waals surface area contributed by atoms with Gasteiger partial charge in [-0.3, -0.25) is 4.90 Å². The minimum Gasteiger partial charge on any atom is -0.474 e. The highest BCUT2D eigenvalue weighted by Gasteiger charge is 2.37. The van der Waals surface area contributed by atoms with Gasteiger partial charge in [-0.05, 0) is 64.3 Å². The van der Waals surface area contributed by atoms with Gasteiger partial charge in [0.05, 0.1) is 34.8 Å². The Balaban J connectivity index is 0.000000458. The van der Waals surface area contributed by atoms with Crippen LogP contribution in [-0.4, -0.2) is 86.3 Å². The minimum absolute atomic E-state index is 0.000553. The zero-order valence-electron chi connectivity index (χ0n) is 27.7. The van der Waals surface area contributed by atoms with Crippen LogP contribution in [0.25, 0.3) is 11.4 Å². The van der Waals surface area contributed by atoms with Crippen LogP contribution in [0.2, 0.25) is 5.02 Å². The Labute approximate surface area is 283 Å². The normalized spacial score (nSPS) is 23.5. The third kappa shape index (κ3) is 9.84. The summed E-state index contributed by atoms with van der Waals surface area (Å²) in [4.78, 5) is 17.2. The molecule has 5 rings (SSSR count). The molecule has 262 valence electrons. The fraction of sp³-hybridized carbons (Fsp3) is 0.594. The summed E-state index contributed by atoms with van der Waals surface area (Å²) in [7, 11) is 3.21. The van der Waals surface area contributed by atoms with Gasteiger partial charge in [0.25, 0.3) is 0 Å². The van der Waals surface area contributed by atoms with Gasteiger partial charge in [-0.1, -0.05) is 37.0 Å². The van der Waals surface area contributed by atoms with Crippen molar-refractivity contribution in [1.82, 2.24) is 20.2 Å². The predicted octanol–water partition coefficient (Wildman–Crippen LogP) is 5.26. The lowest BCUT2D eigenvalue weighted by molar-refractivity contribution is -0.138. The molecule has 9 nitrogen and oxygen atoms in total. The summed E-state index contributed by atoms with van der Waals surface area (Å²) >= 11 is 12.3. The largest absolute Gasteiger partial charge is 0.474 e. The molecular formula is C32H45Cl2F4N7O2. The van der Waals surface area contributed by atoms with Crippen LogP contribution >= 0.6 is 23.2 Å². The van der Waals surface area contributed by atoms with Gasteiger partial charge in [-0.2, -0.15) is 23.1 Å². The molecule has 0 bridgehead atoms. The fourth-order valence-corrected chi connectivity index (χ4v) is 6.13. The van der Waals surface area contributed by atoms with E-state index in [-0.39, 0.29) is 45.2 Å². The first kappa shape index (κ1) is 38.6. The summed E-state index contributed by atoms with van der Waals surface area (Å²) in [5.41, 5.74) is 5.68. The van der Waals surface area contributed by atoms with Crippen LogP contribution in [0, 0.1) is 6.92 Å². The number of nitrogen functional groups attached to an aromatic ring is 1. The van der Waals surface area contributed by atoms with E-state index >= 15 is 0 Å². The summed E-state index contributed by atoms with van der Waals surface area (Å²) in [6.07, 6.45) is -0.619. The lowest BCUT2D eigenvalue weighted by Gasteiger charge is -2.20. The molecule has 0 saturated carbocycles. The zero-order valence-corrected chi connectivity index (χ0v) is 29.2. The highest BCUT2D eigenvalue weighted by atomic mass is 35.5. The van der Waals surface area contributed by atoms with Crippen molar-refractivity contribution < 1.29 is 27.0 Å². The number of aromatic nitrogens is 2. The Morgan fingerprint density at radius 3 is 2.55 bits per heavy atom. The molecule has 2 saturated heterocycles. The monoisotopic (exact) mass is 705 g/mol. The molecule has 0 aliphatic carbocycles.